The fourth-order valence-corrected chi connectivity index (χ4v) is 4.42. The number of aromatic nitrogens is 1. The van der Waals surface area contributed by atoms with Crippen molar-refractivity contribution in [3.05, 3.63) is 38.9 Å². The average molecular weight is 330 g/mol. The normalized spacial score (nSPS) is 20.8. The molecule has 2 unspecified atom stereocenters. The van der Waals surface area contributed by atoms with Gasteiger partial charge in [-0.25, -0.2) is 9.18 Å². The molecular weight excluding hydrogens is 321 g/mol. The van der Waals surface area contributed by atoms with Crippen LogP contribution < -0.4 is 5.43 Å². The summed E-state index contributed by atoms with van der Waals surface area (Å²) in [6.45, 7) is 1.74. The molecule has 110 valence electrons. The molecule has 1 N–H and O–H groups in total. The summed E-state index contributed by atoms with van der Waals surface area (Å²) in [6.07, 6.45) is 1.20. The molecular formula is C13H9ClFNO4S. The lowest BCUT2D eigenvalue weighted by Crippen LogP contribution is -2.29. The van der Waals surface area contributed by atoms with Crippen LogP contribution in [0.2, 0.25) is 5.02 Å². The van der Waals surface area contributed by atoms with Gasteiger partial charge in [0, 0.05) is 6.20 Å². The van der Waals surface area contributed by atoms with E-state index in [1.54, 1.807) is 6.92 Å². The third-order valence-electron chi connectivity index (χ3n) is 3.49. The molecule has 0 saturated heterocycles. The lowest BCUT2D eigenvalue weighted by atomic mass is 10.1. The Hall–Kier alpha value is -1.57. The summed E-state index contributed by atoms with van der Waals surface area (Å²) in [5.74, 6) is -2.09. The van der Waals surface area contributed by atoms with E-state index in [4.69, 9.17) is 16.7 Å². The SMILES string of the molecule is CC1C[S+]([O-])c2c(Cl)c(F)cc3c(=O)c(C(=O)O)cn1c23. The van der Waals surface area contributed by atoms with E-state index in [0.29, 0.717) is 0 Å². The summed E-state index contributed by atoms with van der Waals surface area (Å²) < 4.78 is 27.6. The number of benzene rings is 1. The van der Waals surface area contributed by atoms with Crippen LogP contribution in [-0.2, 0) is 11.2 Å². The maximum atomic E-state index is 13.9. The molecule has 0 saturated carbocycles. The molecule has 1 aromatic heterocycles. The number of carbonyl (C=O) groups is 1. The highest BCUT2D eigenvalue weighted by Gasteiger charge is 2.34. The molecule has 0 spiro atoms. The van der Waals surface area contributed by atoms with Crippen LogP contribution in [0.5, 0.6) is 0 Å². The topological polar surface area (TPSA) is 82.4 Å². The van der Waals surface area contributed by atoms with E-state index in [1.165, 1.54) is 10.8 Å². The van der Waals surface area contributed by atoms with E-state index in [-0.39, 0.29) is 32.6 Å². The third kappa shape index (κ3) is 1.96. The highest BCUT2D eigenvalue weighted by atomic mass is 35.5. The van der Waals surface area contributed by atoms with Crippen molar-refractivity contribution >= 4 is 39.6 Å². The van der Waals surface area contributed by atoms with Crippen molar-refractivity contribution in [1.29, 1.82) is 0 Å². The van der Waals surface area contributed by atoms with Crippen LogP contribution in [0.4, 0.5) is 4.39 Å². The molecule has 0 bridgehead atoms. The van der Waals surface area contributed by atoms with Gasteiger partial charge < -0.3 is 14.2 Å². The van der Waals surface area contributed by atoms with Crippen molar-refractivity contribution in [3.8, 4) is 0 Å². The zero-order chi connectivity index (χ0) is 15.5. The summed E-state index contributed by atoms with van der Waals surface area (Å²) in [4.78, 5) is 23.4. The Morgan fingerprint density at radius 1 is 1.62 bits per heavy atom. The van der Waals surface area contributed by atoms with E-state index in [2.05, 4.69) is 0 Å². The van der Waals surface area contributed by atoms with Gasteiger partial charge in [-0.1, -0.05) is 11.6 Å². The Morgan fingerprint density at radius 2 is 2.29 bits per heavy atom. The van der Waals surface area contributed by atoms with Crippen LogP contribution in [0.25, 0.3) is 10.9 Å². The van der Waals surface area contributed by atoms with E-state index in [9.17, 15) is 18.5 Å². The van der Waals surface area contributed by atoms with Gasteiger partial charge in [0.1, 0.15) is 27.7 Å². The molecule has 0 fully saturated rings. The molecule has 1 aliphatic rings. The fourth-order valence-electron chi connectivity index (χ4n) is 2.52. The van der Waals surface area contributed by atoms with Gasteiger partial charge in [0.2, 0.25) is 5.43 Å². The first-order chi connectivity index (χ1) is 9.82. The smallest absolute Gasteiger partial charge is 0.341 e. The minimum Gasteiger partial charge on any atom is -0.611 e. The molecule has 1 aromatic carbocycles. The standard InChI is InChI=1S/C13H9ClFNO4S/c1-5-4-21(20)12-9(14)8(15)2-6-10(12)16(5)3-7(11(6)17)13(18)19/h2-3,5H,4H2,1H3,(H,18,19). The molecule has 0 aliphatic carbocycles. The molecule has 21 heavy (non-hydrogen) atoms. The second-order valence-corrected chi connectivity index (χ2v) is 6.65. The second kappa shape index (κ2) is 4.72. The molecule has 0 amide bonds. The predicted octanol–water partition coefficient (Wildman–Crippen LogP) is 2.17. The zero-order valence-corrected chi connectivity index (χ0v) is 12.3. The fraction of sp³-hybridized carbons (Fsp3) is 0.231. The maximum absolute atomic E-state index is 13.9. The van der Waals surface area contributed by atoms with Gasteiger partial charge in [-0.15, -0.1) is 0 Å². The van der Waals surface area contributed by atoms with Crippen molar-refractivity contribution in [2.75, 3.05) is 5.75 Å². The number of hydrogen-bond donors (Lipinski definition) is 1. The Kier molecular flexibility index (Phi) is 3.23. The summed E-state index contributed by atoms with van der Waals surface area (Å²) >= 11 is 4.33. The summed E-state index contributed by atoms with van der Waals surface area (Å²) in [5.41, 5.74) is -1.01. The van der Waals surface area contributed by atoms with Crippen LogP contribution in [-0.4, -0.2) is 25.9 Å². The summed E-state index contributed by atoms with van der Waals surface area (Å²) in [7, 11) is 0. The van der Waals surface area contributed by atoms with Gasteiger partial charge >= 0.3 is 5.97 Å². The van der Waals surface area contributed by atoms with Crippen molar-refractivity contribution in [2.45, 2.75) is 17.9 Å². The molecule has 3 rings (SSSR count). The Balaban J connectivity index is 2.59. The monoisotopic (exact) mass is 329 g/mol. The molecule has 0 radical (unpaired) electrons. The van der Waals surface area contributed by atoms with Crippen LogP contribution in [0.15, 0.2) is 22.0 Å². The minimum absolute atomic E-state index is 0.0544. The number of rotatable bonds is 1. The zero-order valence-electron chi connectivity index (χ0n) is 10.7. The highest BCUT2D eigenvalue weighted by molar-refractivity contribution is 7.91. The Morgan fingerprint density at radius 3 is 2.90 bits per heavy atom. The minimum atomic E-state index is -1.55. The second-order valence-electron chi connectivity index (χ2n) is 4.84. The molecule has 2 aromatic rings. The number of hydrogen-bond acceptors (Lipinski definition) is 3. The van der Waals surface area contributed by atoms with Crippen molar-refractivity contribution in [2.24, 2.45) is 0 Å². The van der Waals surface area contributed by atoms with Crippen LogP contribution >= 0.6 is 11.6 Å². The van der Waals surface area contributed by atoms with E-state index in [0.717, 1.165) is 6.07 Å². The van der Waals surface area contributed by atoms with Crippen molar-refractivity contribution in [1.82, 2.24) is 4.57 Å². The van der Waals surface area contributed by atoms with Gasteiger partial charge in [0.15, 0.2) is 4.90 Å². The molecule has 1 aliphatic heterocycles. The molecule has 5 nitrogen and oxygen atoms in total. The Bertz CT molecular complexity index is 850. The van der Waals surface area contributed by atoms with Gasteiger partial charge in [-0.2, -0.15) is 0 Å². The maximum Gasteiger partial charge on any atom is 0.341 e. The third-order valence-corrected chi connectivity index (χ3v) is 5.61. The van der Waals surface area contributed by atoms with Gasteiger partial charge in [0.05, 0.1) is 11.4 Å². The van der Waals surface area contributed by atoms with Gasteiger partial charge in [-0.05, 0) is 24.2 Å². The lowest BCUT2D eigenvalue weighted by Gasteiger charge is -2.28. The first kappa shape index (κ1) is 14.4. The number of carboxylic acids is 1. The van der Waals surface area contributed by atoms with Gasteiger partial charge in [0.25, 0.3) is 0 Å². The average Bonchev–Trinajstić information content (AvgIpc) is 2.40. The summed E-state index contributed by atoms with van der Waals surface area (Å²) in [6, 6.07) is 0.614. The van der Waals surface area contributed by atoms with Crippen molar-refractivity contribution < 1.29 is 18.8 Å². The predicted molar refractivity (Wildman–Crippen MR) is 76.1 cm³/mol. The lowest BCUT2D eigenvalue weighted by molar-refractivity contribution is 0.0694. The first-order valence-electron chi connectivity index (χ1n) is 6.01. The Labute approximate surface area is 126 Å². The largest absolute Gasteiger partial charge is 0.611 e. The summed E-state index contributed by atoms with van der Waals surface area (Å²) in [5, 5.41) is 8.69. The molecule has 2 heterocycles. The van der Waals surface area contributed by atoms with Crippen LogP contribution in [0, 0.1) is 5.82 Å². The number of halogens is 2. The molecule has 8 heteroatoms. The quantitative estimate of drug-likeness (QED) is 0.813. The van der Waals surface area contributed by atoms with E-state index in [1.807, 2.05) is 0 Å². The number of pyridine rings is 1. The first-order valence-corrected chi connectivity index (χ1v) is 7.71. The van der Waals surface area contributed by atoms with Crippen LogP contribution in [0.3, 0.4) is 0 Å². The van der Waals surface area contributed by atoms with Gasteiger partial charge in [-0.3, -0.25) is 4.79 Å². The number of aromatic carboxylic acids is 1. The van der Waals surface area contributed by atoms with E-state index >= 15 is 0 Å². The molecule has 2 atom stereocenters. The van der Waals surface area contributed by atoms with Crippen LogP contribution in [0.1, 0.15) is 23.3 Å². The highest BCUT2D eigenvalue weighted by Crippen LogP contribution is 2.38. The number of nitrogens with zero attached hydrogens (tertiary/aromatic N) is 1. The van der Waals surface area contributed by atoms with E-state index < -0.39 is 34.0 Å². The van der Waals surface area contributed by atoms with Crippen molar-refractivity contribution in [3.63, 3.8) is 0 Å². The number of carboxylic acid groups (broad SMARTS) is 1.